The van der Waals surface area contributed by atoms with Crippen molar-refractivity contribution in [1.29, 1.82) is 0 Å². The summed E-state index contributed by atoms with van der Waals surface area (Å²) in [4.78, 5) is 0. The molecule has 0 spiro atoms. The van der Waals surface area contributed by atoms with Crippen molar-refractivity contribution >= 4 is 0 Å². The van der Waals surface area contributed by atoms with Crippen LogP contribution in [0, 0.1) is 0 Å². The van der Waals surface area contributed by atoms with Crippen LogP contribution in [-0.2, 0) is 4.74 Å². The average molecular weight is 117 g/mol. The van der Waals surface area contributed by atoms with E-state index >= 15 is 0 Å². The molecular weight excluding hydrogens is 106 g/mol. The summed E-state index contributed by atoms with van der Waals surface area (Å²) in [5.41, 5.74) is 0. The summed E-state index contributed by atoms with van der Waals surface area (Å²) in [7, 11) is 0. The van der Waals surface area contributed by atoms with Crippen molar-refractivity contribution in [3.63, 3.8) is 0 Å². The Hall–Kier alpha value is -0.120. The largest absolute Gasteiger partial charge is 0.396 e. The molecule has 3 nitrogen and oxygen atoms in total. The van der Waals surface area contributed by atoms with Crippen molar-refractivity contribution in [1.82, 2.24) is 5.32 Å². The minimum atomic E-state index is 0.229. The minimum absolute atomic E-state index is 0.229. The second kappa shape index (κ2) is 3.02. The molecule has 8 heavy (non-hydrogen) atoms. The number of rotatable bonds is 2. The highest BCUT2D eigenvalue weighted by Gasteiger charge is 2.12. The molecule has 1 saturated heterocycles. The lowest BCUT2D eigenvalue weighted by atomic mass is 10.3. The van der Waals surface area contributed by atoms with E-state index in [9.17, 15) is 0 Å². The fourth-order valence-electron chi connectivity index (χ4n) is 0.785. The normalized spacial score (nSPS) is 28.9. The van der Waals surface area contributed by atoms with E-state index in [1.165, 1.54) is 0 Å². The topological polar surface area (TPSA) is 41.5 Å². The first-order valence-corrected chi connectivity index (χ1v) is 2.86. The van der Waals surface area contributed by atoms with Crippen LogP contribution in [0.15, 0.2) is 0 Å². The van der Waals surface area contributed by atoms with Crippen LogP contribution in [0.2, 0.25) is 0 Å². The summed E-state index contributed by atoms with van der Waals surface area (Å²) in [5, 5.41) is 11.4. The van der Waals surface area contributed by atoms with E-state index in [2.05, 4.69) is 5.32 Å². The van der Waals surface area contributed by atoms with Crippen molar-refractivity contribution in [2.24, 2.45) is 0 Å². The molecule has 2 N–H and O–H groups in total. The quantitative estimate of drug-likeness (QED) is 0.503. The van der Waals surface area contributed by atoms with E-state index in [1.807, 2.05) is 0 Å². The minimum Gasteiger partial charge on any atom is -0.396 e. The Morgan fingerprint density at radius 1 is 1.75 bits per heavy atom. The lowest BCUT2D eigenvalue weighted by molar-refractivity contribution is 0.0900. The SMILES string of the molecule is OCCC1CNCO1. The van der Waals surface area contributed by atoms with Gasteiger partial charge in [0.05, 0.1) is 12.8 Å². The Bertz CT molecular complexity index is 61.4. The Morgan fingerprint density at radius 3 is 3.12 bits per heavy atom. The Morgan fingerprint density at radius 2 is 2.62 bits per heavy atom. The van der Waals surface area contributed by atoms with E-state index in [0.29, 0.717) is 6.73 Å². The maximum Gasteiger partial charge on any atom is 0.0970 e. The highest BCUT2D eigenvalue weighted by atomic mass is 16.5. The first-order chi connectivity index (χ1) is 3.93. The van der Waals surface area contributed by atoms with Crippen molar-refractivity contribution in [3.8, 4) is 0 Å². The molecule has 0 aromatic carbocycles. The predicted octanol–water partition coefficient (Wildman–Crippen LogP) is -0.685. The number of nitrogens with one attached hydrogen (secondary N) is 1. The van der Waals surface area contributed by atoms with Crippen molar-refractivity contribution in [3.05, 3.63) is 0 Å². The van der Waals surface area contributed by atoms with Gasteiger partial charge in [-0.15, -0.1) is 0 Å². The van der Waals surface area contributed by atoms with Crippen LogP contribution >= 0.6 is 0 Å². The third kappa shape index (κ3) is 1.43. The maximum absolute atomic E-state index is 8.42. The van der Waals surface area contributed by atoms with Gasteiger partial charge in [-0.05, 0) is 6.42 Å². The molecule has 3 heteroatoms. The van der Waals surface area contributed by atoms with Crippen LogP contribution in [0.1, 0.15) is 6.42 Å². The van der Waals surface area contributed by atoms with Gasteiger partial charge in [0.15, 0.2) is 0 Å². The lowest BCUT2D eigenvalue weighted by Crippen LogP contribution is -2.14. The van der Waals surface area contributed by atoms with E-state index in [0.717, 1.165) is 13.0 Å². The molecule has 0 aliphatic carbocycles. The highest BCUT2D eigenvalue weighted by Crippen LogP contribution is 1.99. The summed E-state index contributed by atoms with van der Waals surface area (Å²) in [6.45, 7) is 1.76. The van der Waals surface area contributed by atoms with Gasteiger partial charge in [0.25, 0.3) is 0 Å². The maximum atomic E-state index is 8.42. The molecule has 0 aromatic heterocycles. The molecular formula is C5H11NO2. The smallest absolute Gasteiger partial charge is 0.0970 e. The van der Waals surface area contributed by atoms with Gasteiger partial charge in [-0.3, -0.25) is 5.32 Å². The zero-order chi connectivity index (χ0) is 5.82. The molecule has 1 heterocycles. The molecule has 1 unspecified atom stereocenters. The Labute approximate surface area is 48.7 Å². The molecule has 1 fully saturated rings. The first kappa shape index (κ1) is 6.01. The Kier molecular flexibility index (Phi) is 2.27. The van der Waals surface area contributed by atoms with Crippen LogP contribution in [0.5, 0.6) is 0 Å². The lowest BCUT2D eigenvalue weighted by Gasteiger charge is -2.02. The zero-order valence-electron chi connectivity index (χ0n) is 4.76. The van der Waals surface area contributed by atoms with E-state index in [-0.39, 0.29) is 12.7 Å². The van der Waals surface area contributed by atoms with Gasteiger partial charge in [-0.1, -0.05) is 0 Å². The van der Waals surface area contributed by atoms with Gasteiger partial charge in [-0.25, -0.2) is 0 Å². The molecule has 0 amide bonds. The van der Waals surface area contributed by atoms with Crippen LogP contribution in [0.25, 0.3) is 0 Å². The standard InChI is InChI=1S/C5H11NO2/c7-2-1-5-3-6-4-8-5/h5-7H,1-4H2. The van der Waals surface area contributed by atoms with E-state index < -0.39 is 0 Å². The van der Waals surface area contributed by atoms with Gasteiger partial charge in [0.1, 0.15) is 0 Å². The van der Waals surface area contributed by atoms with Gasteiger partial charge in [0.2, 0.25) is 0 Å². The third-order valence-corrected chi connectivity index (χ3v) is 1.24. The Balaban J connectivity index is 2.06. The fraction of sp³-hybridized carbons (Fsp3) is 1.00. The van der Waals surface area contributed by atoms with Crippen LogP contribution in [0.3, 0.4) is 0 Å². The van der Waals surface area contributed by atoms with Crippen molar-refractivity contribution in [2.45, 2.75) is 12.5 Å². The van der Waals surface area contributed by atoms with Crippen LogP contribution in [0.4, 0.5) is 0 Å². The van der Waals surface area contributed by atoms with Gasteiger partial charge in [0, 0.05) is 13.2 Å². The van der Waals surface area contributed by atoms with Gasteiger partial charge >= 0.3 is 0 Å². The van der Waals surface area contributed by atoms with Crippen molar-refractivity contribution in [2.75, 3.05) is 19.9 Å². The monoisotopic (exact) mass is 117 g/mol. The number of aliphatic hydroxyl groups excluding tert-OH is 1. The highest BCUT2D eigenvalue weighted by molar-refractivity contribution is 4.64. The number of hydrogen-bond acceptors (Lipinski definition) is 3. The molecule has 0 saturated carbocycles. The molecule has 1 aliphatic rings. The molecule has 0 aromatic rings. The number of ether oxygens (including phenoxy) is 1. The molecule has 0 bridgehead atoms. The zero-order valence-corrected chi connectivity index (χ0v) is 4.76. The second-order valence-corrected chi connectivity index (χ2v) is 1.90. The van der Waals surface area contributed by atoms with Crippen LogP contribution in [-0.4, -0.2) is 31.1 Å². The molecule has 0 radical (unpaired) electrons. The molecule has 1 aliphatic heterocycles. The summed E-state index contributed by atoms with van der Waals surface area (Å²) >= 11 is 0. The van der Waals surface area contributed by atoms with Crippen molar-refractivity contribution < 1.29 is 9.84 Å². The van der Waals surface area contributed by atoms with Crippen LogP contribution < -0.4 is 5.32 Å². The fourth-order valence-corrected chi connectivity index (χ4v) is 0.785. The summed E-state index contributed by atoms with van der Waals surface area (Å²) < 4.78 is 5.12. The number of hydrogen-bond donors (Lipinski definition) is 2. The predicted molar refractivity (Wildman–Crippen MR) is 29.4 cm³/mol. The van der Waals surface area contributed by atoms with Gasteiger partial charge in [-0.2, -0.15) is 0 Å². The third-order valence-electron chi connectivity index (χ3n) is 1.24. The summed E-state index contributed by atoms with van der Waals surface area (Å²) in [5.74, 6) is 0. The molecule has 48 valence electrons. The first-order valence-electron chi connectivity index (χ1n) is 2.86. The molecule has 1 atom stereocenters. The average Bonchev–Trinajstić information content (AvgIpc) is 2.19. The van der Waals surface area contributed by atoms with E-state index in [4.69, 9.17) is 9.84 Å². The second-order valence-electron chi connectivity index (χ2n) is 1.90. The van der Waals surface area contributed by atoms with E-state index in [1.54, 1.807) is 0 Å². The summed E-state index contributed by atoms with van der Waals surface area (Å²) in [6.07, 6.45) is 1.01. The van der Waals surface area contributed by atoms with Gasteiger partial charge < -0.3 is 9.84 Å². The number of aliphatic hydroxyl groups is 1. The molecule has 1 rings (SSSR count). The summed E-state index contributed by atoms with van der Waals surface area (Å²) in [6, 6.07) is 0.